The fraction of sp³-hybridized carbons (Fsp3) is 0.125. The predicted octanol–water partition coefficient (Wildman–Crippen LogP) is 8.45. The maximum atomic E-state index is 5.51. The Morgan fingerprint density at radius 2 is 0.831 bits per heavy atom. The van der Waals surface area contributed by atoms with Crippen LogP contribution in [0.5, 0.6) is 0 Å². The molecule has 7 aromatic carbocycles. The molecule has 3 aliphatic rings. The van der Waals surface area contributed by atoms with Gasteiger partial charge in [0.2, 0.25) is 0 Å². The third-order valence-corrected chi connectivity index (χ3v) is 16.0. The fourth-order valence-corrected chi connectivity index (χ4v) is 13.8. The van der Waals surface area contributed by atoms with E-state index in [0.717, 1.165) is 77.1 Å². The first-order chi connectivity index (χ1) is 28.4. The Hall–Kier alpha value is -6.41. The van der Waals surface area contributed by atoms with E-state index in [1.807, 2.05) is 0 Å². The van der Waals surface area contributed by atoms with Crippen LogP contribution in [0.3, 0.4) is 0 Å². The largest absolute Gasteiger partial charge is 0.309 e. The molecule has 286 valence electrons. The lowest BCUT2D eigenvalue weighted by Gasteiger charge is -2.26. The molecule has 3 aliphatic heterocycles. The maximum absolute atomic E-state index is 5.51. The quantitative estimate of drug-likeness (QED) is 0.155. The van der Waals surface area contributed by atoms with Crippen molar-refractivity contribution in [1.82, 2.24) is 4.57 Å². The minimum Gasteiger partial charge on any atom is -0.309 e. The smallest absolute Gasteiger partial charge is 0.298 e. The van der Waals surface area contributed by atoms with Gasteiger partial charge in [0.25, 0.3) is 25.2 Å². The van der Waals surface area contributed by atoms with Crippen LogP contribution in [-0.4, -0.2) is 29.8 Å². The average molecular weight is 815 g/mol. The number of aromatic nitrogens is 1. The zero-order chi connectivity index (χ0) is 40.3. The maximum Gasteiger partial charge on any atom is 0.298 e. The molecular weight excluding hydrogens is 773 g/mol. The number of para-hydroxylation sites is 2. The Morgan fingerprint density at radius 3 is 1.41 bits per heavy atom. The normalized spacial score (nSPS) is 16.2. The predicted molar refractivity (Wildman–Crippen MR) is 246 cm³/mol. The van der Waals surface area contributed by atoms with Crippen LogP contribution in [-0.2, 0) is 0 Å². The van der Waals surface area contributed by atoms with E-state index in [0.29, 0.717) is 0 Å². The second-order valence-electron chi connectivity index (χ2n) is 17.1. The molecule has 0 radical (unpaired) electrons. The molecule has 11 heteroatoms. The molecule has 0 N–H and O–H groups in total. The van der Waals surface area contributed by atoms with Gasteiger partial charge in [-0.1, -0.05) is 97.1 Å². The molecule has 0 bridgehead atoms. The van der Waals surface area contributed by atoms with Gasteiger partial charge in [0.05, 0.1) is 60.2 Å². The summed E-state index contributed by atoms with van der Waals surface area (Å²) in [6, 6.07) is 52.0. The van der Waals surface area contributed by atoms with Crippen LogP contribution in [0.2, 0.25) is 39.3 Å². The summed E-state index contributed by atoms with van der Waals surface area (Å²) in [5.41, 5.74) is 10.8. The highest BCUT2D eigenvalue weighted by atomic mass is 28.4. The van der Waals surface area contributed by atoms with Crippen molar-refractivity contribution in [3.05, 3.63) is 178 Å². The molecule has 0 saturated carbocycles. The van der Waals surface area contributed by atoms with E-state index in [1.54, 1.807) is 0 Å². The van der Waals surface area contributed by atoms with Crippen molar-refractivity contribution >= 4 is 64.1 Å². The Balaban J connectivity index is 1.13. The number of anilines is 3. The summed E-state index contributed by atoms with van der Waals surface area (Å²) < 4.78 is 34.6. The van der Waals surface area contributed by atoms with Crippen molar-refractivity contribution in [2.24, 2.45) is 27.9 Å². The van der Waals surface area contributed by atoms with Crippen molar-refractivity contribution in [2.45, 2.75) is 39.3 Å². The summed E-state index contributed by atoms with van der Waals surface area (Å²) in [6.07, 6.45) is 0. The van der Waals surface area contributed by atoms with Crippen LogP contribution in [0, 0.1) is 0 Å². The highest BCUT2D eigenvalue weighted by Crippen LogP contribution is 2.34. The molecule has 0 spiro atoms. The zero-order valence-electron chi connectivity index (χ0n) is 33.9. The van der Waals surface area contributed by atoms with Gasteiger partial charge in [0, 0.05) is 27.6 Å². The van der Waals surface area contributed by atoms with Crippen LogP contribution in [0.15, 0.2) is 174 Å². The second kappa shape index (κ2) is 12.8. The van der Waals surface area contributed by atoms with Gasteiger partial charge in [-0.15, -0.1) is 0 Å². The van der Waals surface area contributed by atoms with Crippen LogP contribution < -0.4 is 37.0 Å². The van der Waals surface area contributed by atoms with Gasteiger partial charge in [-0.2, -0.15) is 0 Å². The number of benzene rings is 7. The molecule has 0 fully saturated rings. The second-order valence-corrected chi connectivity index (χ2v) is 27.4. The van der Waals surface area contributed by atoms with Crippen LogP contribution >= 0.6 is 0 Å². The van der Waals surface area contributed by atoms with Crippen molar-refractivity contribution < 1.29 is 0 Å². The van der Waals surface area contributed by atoms with Crippen molar-refractivity contribution in [3.8, 4) is 27.9 Å². The number of hydrogen-bond acceptors (Lipinski definition) is 7. The molecule has 8 aromatic rings. The van der Waals surface area contributed by atoms with Crippen LogP contribution in [0.1, 0.15) is 0 Å². The molecular formula is C48H42N8Si3. The molecule has 8 nitrogen and oxygen atoms in total. The summed E-state index contributed by atoms with van der Waals surface area (Å²) in [4.78, 5) is 2.33. The van der Waals surface area contributed by atoms with E-state index in [2.05, 4.69) is 194 Å². The lowest BCUT2D eigenvalue weighted by molar-refractivity contribution is 1.16. The Morgan fingerprint density at radius 1 is 0.373 bits per heavy atom. The van der Waals surface area contributed by atoms with Crippen molar-refractivity contribution in [3.63, 3.8) is 0 Å². The zero-order valence-corrected chi connectivity index (χ0v) is 36.9. The lowest BCUT2D eigenvalue weighted by atomic mass is 10.0. The Kier molecular flexibility index (Phi) is 7.75. The summed E-state index contributed by atoms with van der Waals surface area (Å²) in [5.74, 6) is 0. The molecule has 1 aromatic heterocycles. The van der Waals surface area contributed by atoms with E-state index in [4.69, 9.17) is 27.9 Å². The highest BCUT2D eigenvalue weighted by molar-refractivity contribution is 6.75. The molecule has 0 amide bonds. The van der Waals surface area contributed by atoms with Gasteiger partial charge < -0.3 is 9.47 Å². The first kappa shape index (κ1) is 35.7. The molecule has 0 unspecified atom stereocenters. The number of rotatable bonds is 6. The fourth-order valence-electron chi connectivity index (χ4n) is 9.05. The van der Waals surface area contributed by atoms with Crippen molar-refractivity contribution in [2.75, 3.05) is 4.90 Å². The minimum atomic E-state index is -2.39. The summed E-state index contributed by atoms with van der Waals surface area (Å²) >= 11 is 0. The number of hydrogen-bond donors (Lipinski definition) is 0. The van der Waals surface area contributed by atoms with Crippen LogP contribution in [0.25, 0.3) is 49.7 Å². The summed E-state index contributed by atoms with van der Waals surface area (Å²) in [5, 5.41) is 8.06. The first-order valence-corrected chi connectivity index (χ1v) is 28.9. The van der Waals surface area contributed by atoms with E-state index < -0.39 is 25.2 Å². The van der Waals surface area contributed by atoms with Gasteiger partial charge >= 0.3 is 0 Å². The summed E-state index contributed by atoms with van der Waals surface area (Å²) in [7, 11) is -6.95. The average Bonchev–Trinajstić information content (AvgIpc) is 3.94. The van der Waals surface area contributed by atoms with Crippen molar-refractivity contribution in [1.29, 1.82) is 0 Å². The van der Waals surface area contributed by atoms with E-state index in [1.165, 1.54) is 21.8 Å². The third-order valence-electron chi connectivity index (χ3n) is 11.4. The minimum absolute atomic E-state index is 0.905. The molecule has 0 saturated heterocycles. The van der Waals surface area contributed by atoms with E-state index in [9.17, 15) is 0 Å². The van der Waals surface area contributed by atoms with E-state index in [-0.39, 0.29) is 0 Å². The third kappa shape index (κ3) is 5.82. The molecule has 0 aliphatic carbocycles. The van der Waals surface area contributed by atoms with Gasteiger partial charge in [0.1, 0.15) is 0 Å². The van der Waals surface area contributed by atoms with Gasteiger partial charge in [-0.25, -0.2) is 0 Å². The SMILES string of the molecule is C[Si]1(C)N=c2cccc(N(c3ccc(-c4ccccc4)c4c3=N[Si](C)(C)N=4)c3ccc(-c4ccc(-n5c6ccccc6c6ccccc65)cc4)c4c3=N[Si](C)(C)N=4)c2=N1. The first-order valence-electron chi connectivity index (χ1n) is 20.2. The topological polar surface area (TPSA) is 82.3 Å². The molecule has 0 atom stereocenters. The van der Waals surface area contributed by atoms with Gasteiger partial charge in [0.15, 0.2) is 0 Å². The molecule has 4 heterocycles. The van der Waals surface area contributed by atoms with Gasteiger partial charge in [-0.3, -0.25) is 27.9 Å². The highest BCUT2D eigenvalue weighted by Gasteiger charge is 2.33. The molecule has 59 heavy (non-hydrogen) atoms. The van der Waals surface area contributed by atoms with Crippen LogP contribution in [0.4, 0.5) is 17.1 Å². The number of fused-ring (bicyclic) bond motifs is 6. The monoisotopic (exact) mass is 814 g/mol. The Labute approximate surface area is 344 Å². The molecule has 11 rings (SSSR count). The standard InChI is InChI=1S/C48H42N8Si3/c1-57(2)49-38-19-14-22-41(46(38)52-57)56(42-29-27-34(31-15-8-7-9-16-31)44-47(42)53-58(3,4)50-44)43-30-28-35(45-48(43)54-59(5,6)51-45)32-23-25-33(26-24-32)55-39-20-12-10-17-36(39)37-18-11-13-21-40(37)55/h7-30H,1-6H3. The van der Waals surface area contributed by atoms with E-state index >= 15 is 0 Å². The number of nitrogens with zero attached hydrogens (tertiary/aromatic N) is 8. The van der Waals surface area contributed by atoms with Gasteiger partial charge in [-0.05, 0) is 98.9 Å². The lowest BCUT2D eigenvalue weighted by Crippen LogP contribution is -2.38. The Bertz CT molecular complexity index is 3430. The summed E-state index contributed by atoms with van der Waals surface area (Å²) in [6.45, 7) is 13.2.